The molecule has 0 bridgehead atoms. The number of amides is 1. The molecule has 1 aliphatic heterocycles. The SMILES string of the molecule is O=C1CC(S(=O)(=O)Cl)CN1c1c2c(nc3ccccc13)CCCC2. The Kier molecular flexibility index (Phi) is 3.77. The van der Waals surface area contributed by atoms with Crippen molar-refractivity contribution in [2.75, 3.05) is 11.4 Å². The number of nitrogens with zero attached hydrogens (tertiary/aromatic N) is 2. The molecule has 0 saturated carbocycles. The molecule has 1 aromatic carbocycles. The molecule has 1 saturated heterocycles. The monoisotopic (exact) mass is 364 g/mol. The van der Waals surface area contributed by atoms with Gasteiger partial charge in [0.1, 0.15) is 5.25 Å². The van der Waals surface area contributed by atoms with Gasteiger partial charge in [-0.15, -0.1) is 0 Å². The number of hydrogen-bond acceptors (Lipinski definition) is 4. The molecule has 0 radical (unpaired) electrons. The van der Waals surface area contributed by atoms with Crippen LogP contribution in [0.1, 0.15) is 30.5 Å². The average molecular weight is 365 g/mol. The van der Waals surface area contributed by atoms with E-state index in [1.807, 2.05) is 24.3 Å². The fourth-order valence-corrected chi connectivity index (χ4v) is 4.76. The van der Waals surface area contributed by atoms with Gasteiger partial charge in [0.05, 0.1) is 11.2 Å². The second-order valence-corrected chi connectivity index (χ2v) is 9.32. The number of para-hydroxylation sites is 1. The van der Waals surface area contributed by atoms with Crippen LogP contribution in [0, 0.1) is 0 Å². The maximum Gasteiger partial charge on any atom is 0.237 e. The molecule has 4 rings (SSSR count). The van der Waals surface area contributed by atoms with Crippen molar-refractivity contribution in [2.24, 2.45) is 0 Å². The zero-order chi connectivity index (χ0) is 16.9. The van der Waals surface area contributed by atoms with Gasteiger partial charge in [-0.3, -0.25) is 9.78 Å². The standard InChI is InChI=1S/C17H17ClN2O3S/c18-24(22,23)11-9-16(21)20(10-11)17-12-5-1-3-7-14(12)19-15-8-4-2-6-13(15)17/h1,3,5,7,11H,2,4,6,8-10H2. The molecule has 1 atom stereocenters. The van der Waals surface area contributed by atoms with Gasteiger partial charge in [-0.1, -0.05) is 18.2 Å². The van der Waals surface area contributed by atoms with Crippen LogP contribution < -0.4 is 4.90 Å². The summed E-state index contributed by atoms with van der Waals surface area (Å²) in [4.78, 5) is 18.9. The summed E-state index contributed by atoms with van der Waals surface area (Å²) >= 11 is 0. The molecule has 1 amide bonds. The number of carbonyl (C=O) groups is 1. The second kappa shape index (κ2) is 5.70. The Morgan fingerprint density at radius 3 is 2.67 bits per heavy atom. The molecule has 24 heavy (non-hydrogen) atoms. The summed E-state index contributed by atoms with van der Waals surface area (Å²) in [5, 5.41) is 0.0527. The van der Waals surface area contributed by atoms with Crippen molar-refractivity contribution in [1.82, 2.24) is 4.98 Å². The molecule has 126 valence electrons. The number of rotatable bonds is 2. The van der Waals surface area contributed by atoms with Crippen molar-refractivity contribution in [1.29, 1.82) is 0 Å². The predicted molar refractivity (Wildman–Crippen MR) is 93.9 cm³/mol. The number of halogens is 1. The minimum atomic E-state index is -3.76. The Morgan fingerprint density at radius 2 is 1.92 bits per heavy atom. The molecule has 0 spiro atoms. The molecule has 5 nitrogen and oxygen atoms in total. The summed E-state index contributed by atoms with van der Waals surface area (Å²) in [6.07, 6.45) is 3.85. The first-order valence-electron chi connectivity index (χ1n) is 8.09. The first-order chi connectivity index (χ1) is 11.4. The quantitative estimate of drug-likeness (QED) is 0.768. The molecule has 2 aromatic rings. The molecule has 0 N–H and O–H groups in total. The third kappa shape index (κ3) is 2.58. The van der Waals surface area contributed by atoms with Gasteiger partial charge < -0.3 is 4.90 Å². The molecule has 1 aromatic heterocycles. The Bertz CT molecular complexity index is 942. The van der Waals surface area contributed by atoms with Crippen LogP contribution in [0.15, 0.2) is 24.3 Å². The molecule has 1 fully saturated rings. The topological polar surface area (TPSA) is 67.3 Å². The highest BCUT2D eigenvalue weighted by molar-refractivity contribution is 8.14. The maximum absolute atomic E-state index is 12.5. The number of aryl methyl sites for hydroxylation is 1. The number of pyridine rings is 1. The molecule has 1 aliphatic carbocycles. The van der Waals surface area contributed by atoms with Crippen molar-refractivity contribution in [3.8, 4) is 0 Å². The number of fused-ring (bicyclic) bond motifs is 2. The first kappa shape index (κ1) is 15.8. The van der Waals surface area contributed by atoms with Crippen LogP contribution in [-0.2, 0) is 26.7 Å². The fourth-order valence-electron chi connectivity index (χ4n) is 3.74. The third-order valence-electron chi connectivity index (χ3n) is 4.90. The van der Waals surface area contributed by atoms with Crippen molar-refractivity contribution in [2.45, 2.75) is 37.4 Å². The lowest BCUT2D eigenvalue weighted by Gasteiger charge is -2.26. The van der Waals surface area contributed by atoms with Crippen molar-refractivity contribution in [3.63, 3.8) is 0 Å². The normalized spacial score (nSPS) is 21.3. The average Bonchev–Trinajstić information content (AvgIpc) is 2.94. The van der Waals surface area contributed by atoms with E-state index in [1.165, 1.54) is 0 Å². The largest absolute Gasteiger partial charge is 0.310 e. The van der Waals surface area contributed by atoms with Crippen molar-refractivity contribution < 1.29 is 13.2 Å². The Morgan fingerprint density at radius 1 is 1.17 bits per heavy atom. The smallest absolute Gasteiger partial charge is 0.237 e. The highest BCUT2D eigenvalue weighted by Gasteiger charge is 2.39. The lowest BCUT2D eigenvalue weighted by molar-refractivity contribution is -0.117. The predicted octanol–water partition coefficient (Wildman–Crippen LogP) is 2.79. The molecule has 1 unspecified atom stereocenters. The van der Waals surface area contributed by atoms with Gasteiger partial charge in [0.2, 0.25) is 15.0 Å². The molecular weight excluding hydrogens is 348 g/mol. The summed E-state index contributed by atoms with van der Waals surface area (Å²) in [5.41, 5.74) is 3.79. The number of anilines is 1. The summed E-state index contributed by atoms with van der Waals surface area (Å²) in [6.45, 7) is 0.116. The van der Waals surface area contributed by atoms with Crippen molar-refractivity contribution in [3.05, 3.63) is 35.5 Å². The van der Waals surface area contributed by atoms with Gasteiger partial charge in [0.25, 0.3) is 0 Å². The number of aromatic nitrogens is 1. The van der Waals surface area contributed by atoms with Gasteiger partial charge >= 0.3 is 0 Å². The Hall–Kier alpha value is -1.66. The fraction of sp³-hybridized carbons (Fsp3) is 0.412. The van der Waals surface area contributed by atoms with Crippen LogP contribution in [0.25, 0.3) is 10.9 Å². The maximum atomic E-state index is 12.5. The van der Waals surface area contributed by atoms with Gasteiger partial charge in [0, 0.05) is 34.7 Å². The van der Waals surface area contributed by atoms with Crippen LogP contribution >= 0.6 is 10.7 Å². The third-order valence-corrected chi connectivity index (χ3v) is 6.76. The van der Waals surface area contributed by atoms with Gasteiger partial charge in [-0.25, -0.2) is 8.42 Å². The second-order valence-electron chi connectivity index (χ2n) is 6.42. The molecule has 2 aliphatic rings. The lowest BCUT2D eigenvalue weighted by Crippen LogP contribution is -2.29. The van der Waals surface area contributed by atoms with Gasteiger partial charge in [0.15, 0.2) is 0 Å². The van der Waals surface area contributed by atoms with E-state index in [1.54, 1.807) is 4.90 Å². The van der Waals surface area contributed by atoms with Gasteiger partial charge in [-0.05, 0) is 37.3 Å². The minimum Gasteiger partial charge on any atom is -0.310 e. The number of benzene rings is 1. The lowest BCUT2D eigenvalue weighted by atomic mass is 9.92. The Balaban J connectivity index is 1.91. The van der Waals surface area contributed by atoms with Crippen LogP contribution in [0.5, 0.6) is 0 Å². The van der Waals surface area contributed by atoms with Gasteiger partial charge in [-0.2, -0.15) is 0 Å². The van der Waals surface area contributed by atoms with Crippen LogP contribution in [-0.4, -0.2) is 31.1 Å². The minimum absolute atomic E-state index is 0.0583. The van der Waals surface area contributed by atoms with E-state index in [0.717, 1.165) is 53.5 Å². The zero-order valence-corrected chi connectivity index (χ0v) is 14.6. The van der Waals surface area contributed by atoms with Crippen molar-refractivity contribution >= 4 is 42.2 Å². The number of carbonyl (C=O) groups excluding carboxylic acids is 1. The van der Waals surface area contributed by atoms with E-state index in [2.05, 4.69) is 0 Å². The summed E-state index contributed by atoms with van der Waals surface area (Å²) in [6, 6.07) is 7.72. The highest BCUT2D eigenvalue weighted by atomic mass is 35.7. The van der Waals surface area contributed by atoms with E-state index in [9.17, 15) is 13.2 Å². The van der Waals surface area contributed by atoms with Crippen LogP contribution in [0.2, 0.25) is 0 Å². The highest BCUT2D eigenvalue weighted by Crippen LogP contribution is 2.38. The molecular formula is C17H17ClN2O3S. The van der Waals surface area contributed by atoms with E-state index in [-0.39, 0.29) is 18.9 Å². The van der Waals surface area contributed by atoms with E-state index < -0.39 is 14.3 Å². The molecule has 2 heterocycles. The van der Waals surface area contributed by atoms with E-state index in [0.29, 0.717) is 0 Å². The number of hydrogen-bond donors (Lipinski definition) is 0. The first-order valence-corrected chi connectivity index (χ1v) is 10.5. The Labute approximate surface area is 145 Å². The van der Waals surface area contributed by atoms with Crippen LogP contribution in [0.4, 0.5) is 5.69 Å². The molecule has 7 heteroatoms. The van der Waals surface area contributed by atoms with E-state index in [4.69, 9.17) is 15.7 Å². The van der Waals surface area contributed by atoms with Crippen LogP contribution in [0.3, 0.4) is 0 Å². The summed E-state index contributed by atoms with van der Waals surface area (Å²) in [7, 11) is 1.74. The van der Waals surface area contributed by atoms with E-state index >= 15 is 0 Å². The summed E-state index contributed by atoms with van der Waals surface area (Å²) in [5.74, 6) is -0.187. The summed E-state index contributed by atoms with van der Waals surface area (Å²) < 4.78 is 23.4. The zero-order valence-electron chi connectivity index (χ0n) is 13.0.